The number of aliphatic hydroxyl groups is 2. The number of hydrogen-bond donors (Lipinski definition) is 9. The number of phenols is 1. The highest BCUT2D eigenvalue weighted by molar-refractivity contribution is 5.94. The summed E-state index contributed by atoms with van der Waals surface area (Å²) in [4.78, 5) is 56.0. The van der Waals surface area contributed by atoms with Crippen molar-refractivity contribution >= 4 is 23.7 Å². The van der Waals surface area contributed by atoms with E-state index in [2.05, 4.69) is 25.9 Å². The van der Waals surface area contributed by atoms with Crippen LogP contribution in [0.5, 0.6) is 5.75 Å². The third-order valence-corrected chi connectivity index (χ3v) is 5.20. The average Bonchev–Trinajstić information content (AvgIpc) is 3.34. The quantitative estimate of drug-likeness (QED) is 0.135. The van der Waals surface area contributed by atoms with Crippen LogP contribution in [0.2, 0.25) is 0 Å². The number of aromatic amines is 1. The molecular weight excluding hydrogens is 476 g/mol. The van der Waals surface area contributed by atoms with Crippen molar-refractivity contribution < 1.29 is 39.6 Å². The third-order valence-electron chi connectivity index (χ3n) is 5.20. The average molecular weight is 507 g/mol. The number of amides is 3. The van der Waals surface area contributed by atoms with Crippen LogP contribution in [0.1, 0.15) is 18.2 Å². The summed E-state index contributed by atoms with van der Waals surface area (Å²) in [7, 11) is 0. The molecule has 5 atom stereocenters. The van der Waals surface area contributed by atoms with Crippen LogP contribution >= 0.6 is 0 Å². The standard InChI is InChI=1S/C22H30N6O8/c1-11(30)18(22(35)36)28-20(33)16(7-13-8-24-10-25-13)26-21(34)17(9-29)27-19(32)15(23)6-12-2-4-14(31)5-3-12/h2-5,8,10-11,15-18,29-31H,6-7,9,23H2,1H3,(H,24,25)(H,26,34)(H,27,32)(H,28,33)(H,35,36). The molecular formula is C22H30N6O8. The maximum atomic E-state index is 12.8. The lowest BCUT2D eigenvalue weighted by Crippen LogP contribution is -2.59. The van der Waals surface area contributed by atoms with Crippen molar-refractivity contribution in [2.45, 2.75) is 50.0 Å². The van der Waals surface area contributed by atoms with E-state index >= 15 is 0 Å². The number of aliphatic carboxylic acids is 1. The Morgan fingerprint density at radius 3 is 2.14 bits per heavy atom. The van der Waals surface area contributed by atoms with Crippen LogP contribution in [0.4, 0.5) is 0 Å². The van der Waals surface area contributed by atoms with Crippen LogP contribution in [-0.2, 0) is 32.0 Å². The number of carboxylic acid groups (broad SMARTS) is 1. The van der Waals surface area contributed by atoms with Gasteiger partial charge in [-0.25, -0.2) is 9.78 Å². The number of carboxylic acids is 1. The van der Waals surface area contributed by atoms with Crippen LogP contribution in [0.25, 0.3) is 0 Å². The molecule has 0 fully saturated rings. The molecule has 14 nitrogen and oxygen atoms in total. The Kier molecular flexibility index (Phi) is 10.3. The van der Waals surface area contributed by atoms with E-state index < -0.39 is 60.6 Å². The Bertz CT molecular complexity index is 1030. The van der Waals surface area contributed by atoms with E-state index in [0.717, 1.165) is 0 Å². The summed E-state index contributed by atoms with van der Waals surface area (Å²) in [6, 6.07) is 0.502. The Labute approximate surface area is 205 Å². The van der Waals surface area contributed by atoms with Crippen molar-refractivity contribution in [3.8, 4) is 5.75 Å². The van der Waals surface area contributed by atoms with Crippen molar-refractivity contribution in [1.82, 2.24) is 25.9 Å². The number of carbonyl (C=O) groups is 4. The summed E-state index contributed by atoms with van der Waals surface area (Å²) >= 11 is 0. The SMILES string of the molecule is CC(O)C(NC(=O)C(Cc1cnc[nH]1)NC(=O)C(CO)NC(=O)C(N)Cc1ccc(O)cc1)C(=O)O. The summed E-state index contributed by atoms with van der Waals surface area (Å²) in [6.07, 6.45) is 1.27. The largest absolute Gasteiger partial charge is 0.508 e. The van der Waals surface area contributed by atoms with Gasteiger partial charge in [-0.1, -0.05) is 12.1 Å². The Balaban J connectivity index is 2.08. The number of aliphatic hydroxyl groups excluding tert-OH is 2. The minimum Gasteiger partial charge on any atom is -0.508 e. The van der Waals surface area contributed by atoms with Crippen molar-refractivity contribution in [3.63, 3.8) is 0 Å². The lowest BCUT2D eigenvalue weighted by molar-refractivity contribution is -0.145. The molecule has 1 aromatic carbocycles. The molecule has 1 aromatic heterocycles. The molecule has 0 saturated carbocycles. The highest BCUT2D eigenvalue weighted by Gasteiger charge is 2.32. The van der Waals surface area contributed by atoms with Gasteiger partial charge in [0.2, 0.25) is 17.7 Å². The molecule has 0 spiro atoms. The molecule has 36 heavy (non-hydrogen) atoms. The number of H-pyrrole nitrogens is 1. The van der Waals surface area contributed by atoms with Gasteiger partial charge in [0.15, 0.2) is 6.04 Å². The second-order valence-corrected chi connectivity index (χ2v) is 8.13. The predicted octanol–water partition coefficient (Wildman–Crippen LogP) is -2.86. The van der Waals surface area contributed by atoms with Gasteiger partial charge in [0, 0.05) is 18.3 Å². The van der Waals surface area contributed by atoms with Gasteiger partial charge in [-0.2, -0.15) is 0 Å². The Morgan fingerprint density at radius 2 is 1.61 bits per heavy atom. The molecule has 1 heterocycles. The molecule has 2 rings (SSSR count). The zero-order valence-electron chi connectivity index (χ0n) is 19.4. The summed E-state index contributed by atoms with van der Waals surface area (Å²) < 4.78 is 0. The maximum Gasteiger partial charge on any atom is 0.328 e. The van der Waals surface area contributed by atoms with Crippen molar-refractivity contribution in [2.75, 3.05) is 6.61 Å². The van der Waals surface area contributed by atoms with Crippen molar-refractivity contribution in [1.29, 1.82) is 0 Å². The zero-order chi connectivity index (χ0) is 26.8. The number of aromatic hydroxyl groups is 1. The number of aromatic nitrogens is 2. The van der Waals surface area contributed by atoms with Gasteiger partial charge >= 0.3 is 5.97 Å². The Hall–Kier alpha value is -4.01. The van der Waals surface area contributed by atoms with E-state index in [0.29, 0.717) is 11.3 Å². The van der Waals surface area contributed by atoms with Crippen LogP contribution in [0.15, 0.2) is 36.8 Å². The molecule has 14 heteroatoms. The van der Waals surface area contributed by atoms with E-state index in [9.17, 15) is 39.6 Å². The highest BCUT2D eigenvalue weighted by Crippen LogP contribution is 2.11. The first kappa shape index (κ1) is 28.2. The van der Waals surface area contributed by atoms with E-state index in [-0.39, 0.29) is 18.6 Å². The van der Waals surface area contributed by atoms with Gasteiger partial charge in [0.25, 0.3) is 0 Å². The fourth-order valence-electron chi connectivity index (χ4n) is 3.19. The molecule has 5 unspecified atom stereocenters. The number of carbonyl (C=O) groups excluding carboxylic acids is 3. The third kappa shape index (κ3) is 8.33. The van der Waals surface area contributed by atoms with Gasteiger partial charge in [-0.15, -0.1) is 0 Å². The Morgan fingerprint density at radius 1 is 1.00 bits per heavy atom. The molecule has 196 valence electrons. The number of nitrogens with one attached hydrogen (secondary N) is 4. The van der Waals surface area contributed by atoms with E-state index in [1.54, 1.807) is 12.1 Å². The first-order valence-corrected chi connectivity index (χ1v) is 10.9. The molecule has 0 bridgehead atoms. The molecule has 0 aliphatic rings. The summed E-state index contributed by atoms with van der Waals surface area (Å²) in [5, 5.41) is 44.7. The van der Waals surface area contributed by atoms with E-state index in [4.69, 9.17) is 5.73 Å². The fraction of sp³-hybridized carbons (Fsp3) is 0.409. The van der Waals surface area contributed by atoms with Crippen molar-refractivity contribution in [3.05, 3.63) is 48.0 Å². The maximum absolute atomic E-state index is 12.8. The molecule has 3 amide bonds. The monoisotopic (exact) mass is 506 g/mol. The van der Waals surface area contributed by atoms with Gasteiger partial charge in [-0.3, -0.25) is 14.4 Å². The number of phenolic OH excluding ortho intramolecular Hbond substituents is 1. The molecule has 0 saturated heterocycles. The minimum absolute atomic E-state index is 0.0469. The second-order valence-electron chi connectivity index (χ2n) is 8.13. The zero-order valence-corrected chi connectivity index (χ0v) is 19.4. The molecule has 0 radical (unpaired) electrons. The lowest BCUT2D eigenvalue weighted by atomic mass is 10.1. The molecule has 0 aliphatic heterocycles. The topological polar surface area (TPSA) is 240 Å². The number of hydrogen-bond acceptors (Lipinski definition) is 9. The number of imidazole rings is 1. The van der Waals surface area contributed by atoms with Crippen molar-refractivity contribution in [2.24, 2.45) is 5.73 Å². The smallest absolute Gasteiger partial charge is 0.328 e. The molecule has 0 aliphatic carbocycles. The summed E-state index contributed by atoms with van der Waals surface area (Å²) in [5.41, 5.74) is 6.99. The number of rotatable bonds is 13. The summed E-state index contributed by atoms with van der Waals surface area (Å²) in [6.45, 7) is 0.369. The van der Waals surface area contributed by atoms with E-state index in [1.165, 1.54) is 31.6 Å². The number of nitrogens with zero attached hydrogens (tertiary/aromatic N) is 1. The normalized spacial score (nSPS) is 15.1. The van der Waals surface area contributed by atoms with Gasteiger partial charge in [0.05, 0.1) is 25.1 Å². The lowest BCUT2D eigenvalue weighted by Gasteiger charge is -2.25. The van der Waals surface area contributed by atoms with Gasteiger partial charge in [-0.05, 0) is 31.0 Å². The first-order valence-electron chi connectivity index (χ1n) is 10.9. The summed E-state index contributed by atoms with van der Waals surface area (Å²) in [5.74, 6) is -4.02. The number of benzene rings is 1. The van der Waals surface area contributed by atoms with Gasteiger partial charge < -0.3 is 47.1 Å². The predicted molar refractivity (Wildman–Crippen MR) is 124 cm³/mol. The fourth-order valence-corrected chi connectivity index (χ4v) is 3.19. The highest BCUT2D eigenvalue weighted by atomic mass is 16.4. The molecule has 10 N–H and O–H groups in total. The van der Waals surface area contributed by atoms with Crippen LogP contribution in [0.3, 0.4) is 0 Å². The van der Waals surface area contributed by atoms with Crippen LogP contribution in [-0.4, -0.2) is 91.0 Å². The van der Waals surface area contributed by atoms with Gasteiger partial charge in [0.1, 0.15) is 17.8 Å². The van der Waals surface area contributed by atoms with Crippen LogP contribution in [0, 0.1) is 0 Å². The first-order chi connectivity index (χ1) is 17.0. The molecule has 2 aromatic rings. The van der Waals surface area contributed by atoms with Crippen LogP contribution < -0.4 is 21.7 Å². The number of nitrogens with two attached hydrogens (primary N) is 1. The van der Waals surface area contributed by atoms with E-state index in [1.807, 2.05) is 0 Å². The second kappa shape index (κ2) is 13.2. The minimum atomic E-state index is -1.63.